The van der Waals surface area contributed by atoms with E-state index in [2.05, 4.69) is 11.1 Å². The number of aryl methyl sites for hydroxylation is 2. The minimum Gasteiger partial charge on any atom is -0.301 e. The minimum absolute atomic E-state index is 0. The maximum absolute atomic E-state index is 4.02. The molecule has 0 bridgehead atoms. The van der Waals surface area contributed by atoms with Crippen LogP contribution in [0, 0.1) is 19.9 Å². The molecule has 1 rings (SSSR count). The Hall–Kier alpha value is 4.67. The van der Waals surface area contributed by atoms with Crippen molar-refractivity contribution in [3.8, 4) is 0 Å². The molecule has 57 valence electrons. The summed E-state index contributed by atoms with van der Waals surface area (Å²) in [4.78, 5) is 4.02. The molecule has 13 heavy (non-hydrogen) atoms. The molecule has 6 heteroatoms. The smallest absolute Gasteiger partial charge is 0 e. The molecule has 0 aliphatic rings. The summed E-state index contributed by atoms with van der Waals surface area (Å²) >= 11 is 0. The van der Waals surface area contributed by atoms with Crippen molar-refractivity contribution in [2.24, 2.45) is 0 Å². The SMILES string of the molecule is Cc1c[c-]c(C)nc1.[Y].[Y].[Y].[Y].[Y]. The number of aromatic nitrogens is 1. The third-order valence-electron chi connectivity index (χ3n) is 0.971. The zero-order valence-electron chi connectivity index (χ0n) is 7.99. The first-order valence-corrected chi connectivity index (χ1v) is 2.60. The van der Waals surface area contributed by atoms with Crippen molar-refractivity contribution in [1.29, 1.82) is 0 Å². The second-order valence-electron chi connectivity index (χ2n) is 1.88. The van der Waals surface area contributed by atoms with Crippen LogP contribution in [-0.4, -0.2) is 4.98 Å². The predicted octanol–water partition coefficient (Wildman–Crippen LogP) is 1.49. The summed E-state index contributed by atoms with van der Waals surface area (Å²) in [5.41, 5.74) is 2.12. The summed E-state index contributed by atoms with van der Waals surface area (Å²) in [6.07, 6.45) is 1.84. The summed E-state index contributed by atoms with van der Waals surface area (Å²) in [6.45, 7) is 3.93. The van der Waals surface area contributed by atoms with Crippen molar-refractivity contribution in [1.82, 2.24) is 4.98 Å². The number of hydrogen-bond donors (Lipinski definition) is 0. The third kappa shape index (κ3) is 16.7. The average Bonchev–Trinajstić information content (AvgIpc) is 1.77. The van der Waals surface area contributed by atoms with Crippen LogP contribution in [-0.2, 0) is 164 Å². The first kappa shape index (κ1) is 30.6. The minimum atomic E-state index is 0. The zero-order chi connectivity index (χ0) is 5.98. The molecule has 0 saturated heterocycles. The van der Waals surface area contributed by atoms with Gasteiger partial charge in [0.05, 0.1) is 0 Å². The van der Waals surface area contributed by atoms with E-state index >= 15 is 0 Å². The number of pyridine rings is 1. The van der Waals surface area contributed by atoms with Gasteiger partial charge in [0.2, 0.25) is 0 Å². The van der Waals surface area contributed by atoms with Crippen molar-refractivity contribution in [3.05, 3.63) is 29.6 Å². The van der Waals surface area contributed by atoms with Gasteiger partial charge in [0, 0.05) is 164 Å². The maximum Gasteiger partial charge on any atom is 0 e. The largest absolute Gasteiger partial charge is 0.301 e. The predicted molar refractivity (Wildman–Crippen MR) is 32.5 cm³/mol. The van der Waals surface area contributed by atoms with Crippen LogP contribution in [0.4, 0.5) is 0 Å². The first-order chi connectivity index (χ1) is 3.79. The van der Waals surface area contributed by atoms with Crippen molar-refractivity contribution >= 4 is 0 Å². The fourth-order valence-corrected chi connectivity index (χ4v) is 0.491. The Morgan fingerprint density at radius 3 is 1.69 bits per heavy atom. The molecule has 0 saturated carbocycles. The van der Waals surface area contributed by atoms with Gasteiger partial charge in [0.1, 0.15) is 0 Å². The van der Waals surface area contributed by atoms with Crippen LogP contribution in [0.25, 0.3) is 0 Å². The Morgan fingerprint density at radius 2 is 1.46 bits per heavy atom. The van der Waals surface area contributed by atoms with E-state index in [0.717, 1.165) is 11.3 Å². The summed E-state index contributed by atoms with van der Waals surface area (Å²) in [5.74, 6) is 0. The molecule has 1 nitrogen and oxygen atoms in total. The van der Waals surface area contributed by atoms with Crippen molar-refractivity contribution in [2.45, 2.75) is 13.8 Å². The quantitative estimate of drug-likeness (QED) is 0.447. The normalized spacial score (nSPS) is 5.69. The van der Waals surface area contributed by atoms with E-state index in [-0.39, 0.29) is 164 Å². The van der Waals surface area contributed by atoms with E-state index in [1.807, 2.05) is 26.1 Å². The fourth-order valence-electron chi connectivity index (χ4n) is 0.491. The number of hydrogen-bond acceptors (Lipinski definition) is 1. The molecule has 0 atom stereocenters. The van der Waals surface area contributed by atoms with E-state index in [0.29, 0.717) is 0 Å². The fraction of sp³-hybridized carbons (Fsp3) is 0.286. The van der Waals surface area contributed by atoms with Crippen molar-refractivity contribution in [2.75, 3.05) is 0 Å². The molecule has 0 N–H and O–H groups in total. The maximum atomic E-state index is 4.02. The van der Waals surface area contributed by atoms with E-state index in [9.17, 15) is 0 Å². The van der Waals surface area contributed by atoms with E-state index in [1.165, 1.54) is 0 Å². The van der Waals surface area contributed by atoms with E-state index in [1.54, 1.807) is 0 Å². The Kier molecular flexibility index (Phi) is 44.8. The topological polar surface area (TPSA) is 12.9 Å². The molecular weight excluding hydrogens is 543 g/mol. The van der Waals surface area contributed by atoms with Crippen molar-refractivity contribution < 1.29 is 164 Å². The van der Waals surface area contributed by atoms with Gasteiger partial charge in [-0.2, -0.15) is 5.56 Å². The van der Waals surface area contributed by atoms with Gasteiger partial charge in [-0.25, -0.2) is 12.1 Å². The van der Waals surface area contributed by atoms with Gasteiger partial charge in [-0.05, 0) is 6.92 Å². The van der Waals surface area contributed by atoms with Crippen LogP contribution in [0.5, 0.6) is 0 Å². The number of nitrogens with zero attached hydrogens (tertiary/aromatic N) is 1. The van der Waals surface area contributed by atoms with Gasteiger partial charge in [-0.1, -0.05) is 11.9 Å². The summed E-state index contributed by atoms with van der Waals surface area (Å²) < 4.78 is 0. The summed E-state index contributed by atoms with van der Waals surface area (Å²) in [6, 6.07) is 4.92. The van der Waals surface area contributed by atoms with Crippen LogP contribution in [0.1, 0.15) is 11.3 Å². The van der Waals surface area contributed by atoms with Gasteiger partial charge in [-0.15, -0.1) is 6.92 Å². The molecule has 0 unspecified atom stereocenters. The molecule has 0 fully saturated rings. The Labute approximate surface area is 206 Å². The Bertz CT molecular complexity index is 156. The van der Waals surface area contributed by atoms with Crippen LogP contribution < -0.4 is 0 Å². The van der Waals surface area contributed by atoms with Crippen LogP contribution >= 0.6 is 0 Å². The average molecular weight is 551 g/mol. The zero-order valence-corrected chi connectivity index (χ0v) is 22.2. The molecule has 0 aliphatic carbocycles. The van der Waals surface area contributed by atoms with Gasteiger partial charge < -0.3 is 4.98 Å². The second-order valence-corrected chi connectivity index (χ2v) is 1.88. The van der Waals surface area contributed by atoms with Gasteiger partial charge in [0.25, 0.3) is 0 Å². The van der Waals surface area contributed by atoms with Gasteiger partial charge in [-0.3, -0.25) is 0 Å². The third-order valence-corrected chi connectivity index (χ3v) is 0.971. The monoisotopic (exact) mass is 551 g/mol. The van der Waals surface area contributed by atoms with E-state index < -0.39 is 0 Å². The van der Waals surface area contributed by atoms with Crippen LogP contribution in [0.2, 0.25) is 0 Å². The number of rotatable bonds is 0. The van der Waals surface area contributed by atoms with Crippen LogP contribution in [0.15, 0.2) is 12.3 Å². The molecule has 0 spiro atoms. The van der Waals surface area contributed by atoms with Crippen molar-refractivity contribution in [3.63, 3.8) is 0 Å². The summed E-state index contributed by atoms with van der Waals surface area (Å²) in [7, 11) is 0. The molecule has 1 aromatic rings. The molecule has 0 aliphatic heterocycles. The van der Waals surface area contributed by atoms with E-state index in [4.69, 9.17) is 0 Å². The molecule has 5 radical (unpaired) electrons. The molecule has 1 heterocycles. The molecule has 0 aromatic carbocycles. The molecular formula is C7H8NY5-. The molecule has 0 amide bonds. The van der Waals surface area contributed by atoms with Gasteiger partial charge >= 0.3 is 0 Å². The summed E-state index contributed by atoms with van der Waals surface area (Å²) in [5, 5.41) is 0. The Morgan fingerprint density at radius 1 is 1.00 bits per heavy atom. The first-order valence-electron chi connectivity index (χ1n) is 2.60. The second kappa shape index (κ2) is 19.0. The molecule has 1 aromatic heterocycles. The van der Waals surface area contributed by atoms with Gasteiger partial charge in [0.15, 0.2) is 0 Å². The van der Waals surface area contributed by atoms with Crippen LogP contribution in [0.3, 0.4) is 0 Å². The standard InChI is InChI=1S/C7H8N.5Y/c1-6-3-4-7(2)8-5-6;;;;;/h3,5H,1-2H3;;;;;/q-1;;;;;. The Balaban J connectivity index is -0.0000000427.